The number of nitrogens with one attached hydrogen (secondary N) is 1. The highest BCUT2D eigenvalue weighted by molar-refractivity contribution is 5.85. The van der Waals surface area contributed by atoms with Gasteiger partial charge in [-0.15, -0.1) is 12.4 Å². The van der Waals surface area contributed by atoms with Crippen LogP contribution >= 0.6 is 12.4 Å². The molecule has 0 bridgehead atoms. The quantitative estimate of drug-likeness (QED) is 0.833. The molecule has 0 fully saturated rings. The number of pyridine rings is 1. The van der Waals surface area contributed by atoms with Crippen LogP contribution in [0.2, 0.25) is 0 Å². The Balaban J connectivity index is 0.00000289. The summed E-state index contributed by atoms with van der Waals surface area (Å²) in [7, 11) is 0. The fourth-order valence-electron chi connectivity index (χ4n) is 1.59. The van der Waals surface area contributed by atoms with E-state index in [1.165, 1.54) is 0 Å². The molecule has 0 aliphatic carbocycles. The molecule has 4 nitrogen and oxygen atoms in total. The number of nitrogens with zero attached hydrogens (tertiary/aromatic N) is 1. The molecular weight excluding hydrogens is 250 g/mol. The predicted molar refractivity (Wildman–Crippen MR) is 75.5 cm³/mol. The molecule has 2 atom stereocenters. The van der Waals surface area contributed by atoms with Crippen molar-refractivity contribution in [3.63, 3.8) is 0 Å². The van der Waals surface area contributed by atoms with Gasteiger partial charge in [-0.05, 0) is 25.0 Å². The van der Waals surface area contributed by atoms with Gasteiger partial charge in [0, 0.05) is 12.4 Å². The first kappa shape index (κ1) is 16.9. The molecule has 5 heteroatoms. The van der Waals surface area contributed by atoms with E-state index < -0.39 is 6.04 Å². The van der Waals surface area contributed by atoms with Crippen LogP contribution in [0, 0.1) is 0 Å². The van der Waals surface area contributed by atoms with Crippen molar-refractivity contribution in [2.24, 2.45) is 5.73 Å². The minimum Gasteiger partial charge on any atom is -0.348 e. The first-order valence-electron chi connectivity index (χ1n) is 6.11. The molecule has 1 aromatic heterocycles. The fraction of sp³-hybridized carbons (Fsp3) is 0.538. The monoisotopic (exact) mass is 271 g/mol. The van der Waals surface area contributed by atoms with E-state index >= 15 is 0 Å². The highest BCUT2D eigenvalue weighted by atomic mass is 35.5. The zero-order chi connectivity index (χ0) is 12.7. The summed E-state index contributed by atoms with van der Waals surface area (Å²) < 4.78 is 0. The van der Waals surface area contributed by atoms with Gasteiger partial charge in [-0.2, -0.15) is 0 Å². The van der Waals surface area contributed by atoms with Gasteiger partial charge >= 0.3 is 0 Å². The van der Waals surface area contributed by atoms with E-state index in [9.17, 15) is 4.79 Å². The Morgan fingerprint density at radius 1 is 1.56 bits per heavy atom. The summed E-state index contributed by atoms with van der Waals surface area (Å²) >= 11 is 0. The number of halogens is 1. The van der Waals surface area contributed by atoms with Crippen molar-refractivity contribution in [3.8, 4) is 0 Å². The molecule has 0 radical (unpaired) electrons. The van der Waals surface area contributed by atoms with Crippen LogP contribution in [-0.2, 0) is 4.79 Å². The van der Waals surface area contributed by atoms with Crippen molar-refractivity contribution >= 4 is 18.3 Å². The third-order valence-corrected chi connectivity index (χ3v) is 2.75. The summed E-state index contributed by atoms with van der Waals surface area (Å²) in [5.41, 5.74) is 6.79. The van der Waals surface area contributed by atoms with E-state index in [1.54, 1.807) is 12.4 Å². The van der Waals surface area contributed by atoms with Crippen LogP contribution in [0.5, 0.6) is 0 Å². The maximum Gasteiger partial charge on any atom is 0.237 e. The summed E-state index contributed by atoms with van der Waals surface area (Å²) in [5.74, 6) is -0.0881. The summed E-state index contributed by atoms with van der Waals surface area (Å²) in [6.07, 6.45) is 6.24. The van der Waals surface area contributed by atoms with E-state index in [0.29, 0.717) is 0 Å². The first-order valence-corrected chi connectivity index (χ1v) is 6.11. The fourth-order valence-corrected chi connectivity index (χ4v) is 1.59. The van der Waals surface area contributed by atoms with Gasteiger partial charge < -0.3 is 11.1 Å². The van der Waals surface area contributed by atoms with Crippen LogP contribution in [0.1, 0.15) is 44.7 Å². The lowest BCUT2D eigenvalue weighted by Gasteiger charge is -2.17. The lowest BCUT2D eigenvalue weighted by atomic mass is 10.1. The zero-order valence-electron chi connectivity index (χ0n) is 10.9. The molecule has 3 N–H and O–H groups in total. The average Bonchev–Trinajstić information content (AvgIpc) is 2.36. The Kier molecular flexibility index (Phi) is 8.33. The van der Waals surface area contributed by atoms with Gasteiger partial charge in [-0.25, -0.2) is 0 Å². The minimum absolute atomic E-state index is 0. The third-order valence-electron chi connectivity index (χ3n) is 2.75. The first-order chi connectivity index (χ1) is 8.15. The van der Waals surface area contributed by atoms with E-state index in [-0.39, 0.29) is 24.4 Å². The van der Waals surface area contributed by atoms with Crippen molar-refractivity contribution in [1.82, 2.24) is 10.3 Å². The van der Waals surface area contributed by atoms with Crippen LogP contribution in [0.25, 0.3) is 0 Å². The second kappa shape index (κ2) is 8.89. The van der Waals surface area contributed by atoms with Crippen LogP contribution in [0.15, 0.2) is 24.5 Å². The summed E-state index contributed by atoms with van der Waals surface area (Å²) in [5, 5.41) is 2.90. The Morgan fingerprint density at radius 3 is 2.83 bits per heavy atom. The molecule has 1 rings (SSSR count). The number of carbonyl (C=O) groups is 1. The second-order valence-electron chi connectivity index (χ2n) is 4.27. The molecule has 0 saturated carbocycles. The molecule has 2 unspecified atom stereocenters. The Hall–Kier alpha value is -1.13. The van der Waals surface area contributed by atoms with Crippen LogP contribution < -0.4 is 11.1 Å². The largest absolute Gasteiger partial charge is 0.348 e. The standard InChI is InChI=1S/C13H21N3O.ClH/c1-3-4-7-12(14)13(17)16-10(2)11-6-5-8-15-9-11;/h5-6,8-10,12H,3-4,7,14H2,1-2H3,(H,16,17);1H. The lowest BCUT2D eigenvalue weighted by Crippen LogP contribution is -2.41. The normalized spacial score (nSPS) is 13.3. The van der Waals surface area contributed by atoms with Crippen molar-refractivity contribution in [1.29, 1.82) is 0 Å². The smallest absolute Gasteiger partial charge is 0.237 e. The van der Waals surface area contributed by atoms with E-state index in [2.05, 4.69) is 17.2 Å². The lowest BCUT2D eigenvalue weighted by molar-refractivity contribution is -0.123. The second-order valence-corrected chi connectivity index (χ2v) is 4.27. The molecule has 1 amide bonds. The topological polar surface area (TPSA) is 68.0 Å². The van der Waals surface area contributed by atoms with Gasteiger partial charge in [0.25, 0.3) is 0 Å². The number of nitrogens with two attached hydrogens (primary N) is 1. The summed E-state index contributed by atoms with van der Waals surface area (Å²) in [6.45, 7) is 4.02. The Morgan fingerprint density at radius 2 is 2.28 bits per heavy atom. The van der Waals surface area contributed by atoms with Crippen molar-refractivity contribution in [2.75, 3.05) is 0 Å². The number of hydrogen-bond donors (Lipinski definition) is 2. The SMILES string of the molecule is CCCCC(N)C(=O)NC(C)c1cccnc1.Cl. The maximum absolute atomic E-state index is 11.8. The van der Waals surface area contributed by atoms with E-state index in [1.807, 2.05) is 19.1 Å². The Labute approximate surface area is 115 Å². The van der Waals surface area contributed by atoms with Gasteiger partial charge in [0.15, 0.2) is 0 Å². The molecule has 0 aromatic carbocycles. The van der Waals surface area contributed by atoms with Crippen molar-refractivity contribution in [3.05, 3.63) is 30.1 Å². The molecular formula is C13H22ClN3O. The molecule has 0 aliphatic heterocycles. The minimum atomic E-state index is -0.408. The van der Waals surface area contributed by atoms with E-state index in [4.69, 9.17) is 5.73 Å². The number of unbranched alkanes of at least 4 members (excludes halogenated alkanes) is 1. The van der Waals surface area contributed by atoms with Crippen molar-refractivity contribution < 1.29 is 4.79 Å². The van der Waals surface area contributed by atoms with Gasteiger partial charge in [0.05, 0.1) is 12.1 Å². The number of rotatable bonds is 6. The maximum atomic E-state index is 11.8. The zero-order valence-corrected chi connectivity index (χ0v) is 11.7. The Bertz CT molecular complexity index is 345. The predicted octanol–water partition coefficient (Wildman–Crippen LogP) is 2.20. The number of amides is 1. The molecule has 0 saturated heterocycles. The van der Waals surface area contributed by atoms with Crippen LogP contribution in [0.3, 0.4) is 0 Å². The summed E-state index contributed by atoms with van der Waals surface area (Å²) in [6, 6.07) is 3.34. The number of hydrogen-bond acceptors (Lipinski definition) is 3. The molecule has 1 aromatic rings. The molecule has 0 aliphatic rings. The highest BCUT2D eigenvalue weighted by Crippen LogP contribution is 2.10. The number of aromatic nitrogens is 1. The number of carbonyl (C=O) groups excluding carboxylic acids is 1. The molecule has 18 heavy (non-hydrogen) atoms. The average molecular weight is 272 g/mol. The van der Waals surface area contributed by atoms with Gasteiger partial charge in [0.2, 0.25) is 5.91 Å². The third kappa shape index (κ3) is 5.47. The van der Waals surface area contributed by atoms with Crippen LogP contribution in [0.4, 0.5) is 0 Å². The van der Waals surface area contributed by atoms with Gasteiger partial charge in [-0.1, -0.05) is 25.8 Å². The highest BCUT2D eigenvalue weighted by Gasteiger charge is 2.15. The molecule has 0 spiro atoms. The van der Waals surface area contributed by atoms with E-state index in [0.717, 1.165) is 24.8 Å². The summed E-state index contributed by atoms with van der Waals surface area (Å²) in [4.78, 5) is 15.8. The molecule has 102 valence electrons. The van der Waals surface area contributed by atoms with Crippen LogP contribution in [-0.4, -0.2) is 16.9 Å². The van der Waals surface area contributed by atoms with Crippen molar-refractivity contribution in [2.45, 2.75) is 45.2 Å². The molecule has 1 heterocycles. The van der Waals surface area contributed by atoms with Gasteiger partial charge in [-0.3, -0.25) is 9.78 Å². The van der Waals surface area contributed by atoms with Gasteiger partial charge in [0.1, 0.15) is 0 Å².